The van der Waals surface area contributed by atoms with Crippen molar-refractivity contribution in [2.75, 3.05) is 10.9 Å². The molecule has 0 unspecified atom stereocenters. The van der Waals surface area contributed by atoms with Gasteiger partial charge in [-0.3, -0.25) is 10.9 Å². The van der Waals surface area contributed by atoms with E-state index in [1.165, 1.54) is 0 Å². The number of aryl methyl sites for hydroxylation is 2. The van der Waals surface area contributed by atoms with E-state index in [1.54, 1.807) is 0 Å². The van der Waals surface area contributed by atoms with Crippen molar-refractivity contribution in [2.24, 2.45) is 0 Å². The summed E-state index contributed by atoms with van der Waals surface area (Å²) >= 11 is 0. The Balaban J connectivity index is 1.66. The largest absolute Gasteiger partial charge is 0.459 e. The monoisotopic (exact) mass is 340 g/mol. The zero-order valence-corrected chi connectivity index (χ0v) is 13.8. The second-order valence-corrected chi connectivity index (χ2v) is 5.35. The van der Waals surface area contributed by atoms with E-state index in [0.29, 0.717) is 12.6 Å². The first kappa shape index (κ1) is 16.6. The van der Waals surface area contributed by atoms with Gasteiger partial charge in [0.15, 0.2) is 11.6 Å². The third kappa shape index (κ3) is 4.60. The van der Waals surface area contributed by atoms with Crippen molar-refractivity contribution in [3.63, 3.8) is 0 Å². The van der Waals surface area contributed by atoms with Crippen LogP contribution in [-0.4, -0.2) is 19.9 Å². The molecule has 0 saturated carbocycles. The van der Waals surface area contributed by atoms with Gasteiger partial charge in [0.05, 0.1) is 6.20 Å². The standard InChI is InChI=1S/C17H17FN6O/c1-11-8-12(2)21-16(20-11)24-23-15-14(18)9-19-17(22-15)25-10-13-6-4-3-5-7-13/h3-9H,10H2,1-2H3,(H,19,22,23)(H,20,21,24). The van der Waals surface area contributed by atoms with E-state index in [1.807, 2.05) is 50.2 Å². The molecule has 128 valence electrons. The van der Waals surface area contributed by atoms with Gasteiger partial charge in [-0.25, -0.2) is 19.3 Å². The summed E-state index contributed by atoms with van der Waals surface area (Å²) in [6.45, 7) is 3.99. The minimum absolute atomic E-state index is 0.0548. The summed E-state index contributed by atoms with van der Waals surface area (Å²) in [5.74, 6) is -0.355. The van der Waals surface area contributed by atoms with Crippen molar-refractivity contribution in [3.8, 4) is 6.01 Å². The minimum atomic E-state index is -0.621. The number of hydrogen-bond acceptors (Lipinski definition) is 7. The molecular formula is C17H17FN6O. The normalized spacial score (nSPS) is 10.4. The van der Waals surface area contributed by atoms with Crippen molar-refractivity contribution in [2.45, 2.75) is 20.5 Å². The molecule has 1 aromatic carbocycles. The Morgan fingerprint density at radius 1 is 1.00 bits per heavy atom. The highest BCUT2D eigenvalue weighted by atomic mass is 19.1. The summed E-state index contributed by atoms with van der Waals surface area (Å²) in [6.07, 6.45) is 1.04. The van der Waals surface area contributed by atoms with Crippen LogP contribution in [0, 0.1) is 19.7 Å². The first-order valence-electron chi connectivity index (χ1n) is 7.64. The summed E-state index contributed by atoms with van der Waals surface area (Å²) in [5.41, 5.74) is 7.93. The third-order valence-corrected chi connectivity index (χ3v) is 3.21. The predicted octanol–water partition coefficient (Wildman–Crippen LogP) is 3.04. The summed E-state index contributed by atoms with van der Waals surface area (Å²) in [4.78, 5) is 16.2. The summed E-state index contributed by atoms with van der Waals surface area (Å²) in [7, 11) is 0. The minimum Gasteiger partial charge on any atom is -0.459 e. The van der Waals surface area contributed by atoms with Crippen molar-refractivity contribution < 1.29 is 9.13 Å². The molecule has 0 atom stereocenters. The first-order valence-corrected chi connectivity index (χ1v) is 7.64. The molecule has 0 radical (unpaired) electrons. The molecule has 2 aromatic heterocycles. The zero-order chi connectivity index (χ0) is 17.6. The molecule has 25 heavy (non-hydrogen) atoms. The maximum atomic E-state index is 13.9. The Hall–Kier alpha value is -3.29. The van der Waals surface area contributed by atoms with Crippen LogP contribution in [0.3, 0.4) is 0 Å². The smallest absolute Gasteiger partial charge is 0.318 e. The highest BCUT2D eigenvalue weighted by Crippen LogP contribution is 2.15. The number of hydrogen-bond donors (Lipinski definition) is 2. The van der Waals surface area contributed by atoms with E-state index in [4.69, 9.17) is 4.74 Å². The van der Waals surface area contributed by atoms with Gasteiger partial charge in [0.25, 0.3) is 0 Å². The van der Waals surface area contributed by atoms with Crippen LogP contribution < -0.4 is 15.6 Å². The van der Waals surface area contributed by atoms with Gasteiger partial charge in [0, 0.05) is 11.4 Å². The fraction of sp³-hybridized carbons (Fsp3) is 0.176. The fourth-order valence-electron chi connectivity index (χ4n) is 2.13. The van der Waals surface area contributed by atoms with E-state index in [9.17, 15) is 4.39 Å². The van der Waals surface area contributed by atoms with E-state index in [-0.39, 0.29) is 11.8 Å². The Labute approximate surface area is 144 Å². The summed E-state index contributed by atoms with van der Waals surface area (Å²) < 4.78 is 19.4. The van der Waals surface area contributed by atoms with Gasteiger partial charge in [0.2, 0.25) is 5.95 Å². The van der Waals surface area contributed by atoms with Gasteiger partial charge in [-0.2, -0.15) is 4.98 Å². The molecule has 2 heterocycles. The zero-order valence-electron chi connectivity index (χ0n) is 13.8. The number of rotatable bonds is 6. The van der Waals surface area contributed by atoms with Gasteiger partial charge in [-0.1, -0.05) is 30.3 Å². The second kappa shape index (κ2) is 7.52. The lowest BCUT2D eigenvalue weighted by Crippen LogP contribution is -2.15. The maximum absolute atomic E-state index is 13.9. The molecule has 0 fully saturated rings. The van der Waals surface area contributed by atoms with Crippen LogP contribution in [0.1, 0.15) is 17.0 Å². The Bertz CT molecular complexity index is 839. The van der Waals surface area contributed by atoms with E-state index in [2.05, 4.69) is 30.8 Å². The number of nitrogens with zero attached hydrogens (tertiary/aromatic N) is 4. The topological polar surface area (TPSA) is 84.9 Å². The highest BCUT2D eigenvalue weighted by molar-refractivity contribution is 5.42. The molecule has 3 aromatic rings. The van der Waals surface area contributed by atoms with Gasteiger partial charge in [0.1, 0.15) is 6.61 Å². The van der Waals surface area contributed by atoms with Crippen LogP contribution in [0.15, 0.2) is 42.6 Å². The molecule has 2 N–H and O–H groups in total. The van der Waals surface area contributed by atoms with Crippen molar-refractivity contribution in [1.82, 2.24) is 19.9 Å². The number of hydrazine groups is 1. The number of ether oxygens (including phenoxy) is 1. The molecular weight excluding hydrogens is 323 g/mol. The molecule has 0 saturated heterocycles. The third-order valence-electron chi connectivity index (χ3n) is 3.21. The Kier molecular flexibility index (Phi) is 4.98. The van der Waals surface area contributed by atoms with Crippen LogP contribution in [0.2, 0.25) is 0 Å². The van der Waals surface area contributed by atoms with E-state index >= 15 is 0 Å². The number of benzene rings is 1. The molecule has 0 aliphatic heterocycles. The highest BCUT2D eigenvalue weighted by Gasteiger charge is 2.09. The van der Waals surface area contributed by atoms with E-state index in [0.717, 1.165) is 23.1 Å². The van der Waals surface area contributed by atoms with Gasteiger partial charge < -0.3 is 4.74 Å². The number of aromatic nitrogens is 4. The van der Waals surface area contributed by atoms with Gasteiger partial charge in [-0.05, 0) is 25.5 Å². The van der Waals surface area contributed by atoms with Gasteiger partial charge in [-0.15, -0.1) is 0 Å². The predicted molar refractivity (Wildman–Crippen MR) is 91.5 cm³/mol. The lowest BCUT2D eigenvalue weighted by Gasteiger charge is -2.10. The molecule has 0 spiro atoms. The van der Waals surface area contributed by atoms with Crippen molar-refractivity contribution >= 4 is 11.8 Å². The molecule has 0 bridgehead atoms. The molecule has 0 aliphatic rings. The lowest BCUT2D eigenvalue weighted by molar-refractivity contribution is 0.280. The molecule has 0 aliphatic carbocycles. The Morgan fingerprint density at radius 2 is 1.72 bits per heavy atom. The van der Waals surface area contributed by atoms with Crippen molar-refractivity contribution in [3.05, 3.63) is 65.4 Å². The average molecular weight is 340 g/mol. The Morgan fingerprint density at radius 3 is 2.44 bits per heavy atom. The summed E-state index contributed by atoms with van der Waals surface area (Å²) in [6, 6.07) is 11.5. The van der Waals surface area contributed by atoms with Crippen LogP contribution in [0.25, 0.3) is 0 Å². The quantitative estimate of drug-likeness (QED) is 0.667. The van der Waals surface area contributed by atoms with Gasteiger partial charge >= 0.3 is 6.01 Å². The maximum Gasteiger partial charge on any atom is 0.318 e. The number of halogens is 1. The van der Waals surface area contributed by atoms with Crippen molar-refractivity contribution in [1.29, 1.82) is 0 Å². The number of nitrogens with one attached hydrogen (secondary N) is 2. The number of anilines is 2. The van der Waals surface area contributed by atoms with Crippen LogP contribution in [0.4, 0.5) is 16.2 Å². The van der Waals surface area contributed by atoms with Crippen LogP contribution in [0.5, 0.6) is 6.01 Å². The summed E-state index contributed by atoms with van der Waals surface area (Å²) in [5, 5.41) is 0. The second-order valence-electron chi connectivity index (χ2n) is 5.35. The first-order chi connectivity index (χ1) is 12.1. The van der Waals surface area contributed by atoms with E-state index < -0.39 is 5.82 Å². The molecule has 7 nitrogen and oxygen atoms in total. The molecule has 3 rings (SSSR count). The molecule has 0 amide bonds. The SMILES string of the molecule is Cc1cc(C)nc(NNc2nc(OCc3ccccc3)ncc2F)n1. The van der Waals surface area contributed by atoms with Crippen LogP contribution >= 0.6 is 0 Å². The fourth-order valence-corrected chi connectivity index (χ4v) is 2.13. The molecule has 8 heteroatoms. The van der Waals surface area contributed by atoms with Crippen LogP contribution in [-0.2, 0) is 6.61 Å². The average Bonchev–Trinajstić information content (AvgIpc) is 2.60. The lowest BCUT2D eigenvalue weighted by atomic mass is 10.2.